The van der Waals surface area contributed by atoms with E-state index in [9.17, 15) is 13.2 Å². The first kappa shape index (κ1) is 15.0. The Morgan fingerprint density at radius 1 is 1.37 bits per heavy atom. The molecule has 5 nitrogen and oxygen atoms in total. The van der Waals surface area contributed by atoms with Gasteiger partial charge in [-0.05, 0) is 47.0 Å². The number of hydrogen-bond donors (Lipinski definition) is 2. The van der Waals surface area contributed by atoms with Crippen LogP contribution in [0.2, 0.25) is 0 Å². The number of sulfonamides is 1. The molecule has 0 bridgehead atoms. The summed E-state index contributed by atoms with van der Waals surface area (Å²) in [5.74, 6) is -0.954. The lowest BCUT2D eigenvalue weighted by molar-refractivity contribution is -0.143. The predicted molar refractivity (Wildman–Crippen MR) is 76.3 cm³/mol. The van der Waals surface area contributed by atoms with Gasteiger partial charge in [0.25, 0.3) is 0 Å². The van der Waals surface area contributed by atoms with E-state index in [1.807, 2.05) is 0 Å². The fourth-order valence-corrected chi connectivity index (χ4v) is 4.49. The van der Waals surface area contributed by atoms with Gasteiger partial charge in [0.1, 0.15) is 0 Å². The van der Waals surface area contributed by atoms with Crippen molar-refractivity contribution >= 4 is 47.9 Å². The molecule has 1 aliphatic carbocycles. The van der Waals surface area contributed by atoms with E-state index in [0.29, 0.717) is 17.3 Å². The Labute approximate surface area is 127 Å². The summed E-state index contributed by atoms with van der Waals surface area (Å²) >= 11 is 6.42. The highest BCUT2D eigenvalue weighted by molar-refractivity contribution is 9.11. The zero-order valence-electron chi connectivity index (χ0n) is 9.69. The van der Waals surface area contributed by atoms with Crippen LogP contribution in [0.15, 0.2) is 32.0 Å². The van der Waals surface area contributed by atoms with E-state index in [2.05, 4.69) is 36.6 Å². The number of rotatable bonds is 5. The highest BCUT2D eigenvalue weighted by Crippen LogP contribution is 2.45. The molecule has 1 aromatic carbocycles. The predicted octanol–water partition coefficient (Wildman–Crippen LogP) is 2.35. The molecular formula is C11H11Br2NO4S. The maximum absolute atomic E-state index is 12.1. The van der Waals surface area contributed by atoms with Gasteiger partial charge in [-0.25, -0.2) is 13.1 Å². The molecule has 1 aliphatic rings. The molecule has 1 aromatic rings. The maximum Gasteiger partial charge on any atom is 0.310 e. The van der Waals surface area contributed by atoms with Crippen LogP contribution in [0.25, 0.3) is 0 Å². The lowest BCUT2D eigenvalue weighted by Crippen LogP contribution is -2.34. The van der Waals surface area contributed by atoms with Crippen molar-refractivity contribution in [3.63, 3.8) is 0 Å². The minimum Gasteiger partial charge on any atom is -0.481 e. The van der Waals surface area contributed by atoms with E-state index in [0.717, 1.165) is 4.47 Å². The standard InChI is InChI=1S/C11H11Br2NO4S/c12-7-1-2-9(8(13)5-7)19(17,18)14-6-11(3-4-11)10(15)16/h1-2,5,14H,3-4,6H2,(H,15,16). The largest absolute Gasteiger partial charge is 0.481 e. The smallest absolute Gasteiger partial charge is 0.310 e. The number of carboxylic acids is 1. The van der Waals surface area contributed by atoms with Gasteiger partial charge in [-0.2, -0.15) is 0 Å². The minimum atomic E-state index is -3.72. The quantitative estimate of drug-likeness (QED) is 0.777. The van der Waals surface area contributed by atoms with Gasteiger partial charge in [-0.3, -0.25) is 4.79 Å². The molecule has 0 radical (unpaired) electrons. The Morgan fingerprint density at radius 2 is 2.00 bits per heavy atom. The number of halogens is 2. The monoisotopic (exact) mass is 411 g/mol. The second kappa shape index (κ2) is 5.16. The lowest BCUT2D eigenvalue weighted by Gasteiger charge is -2.12. The molecule has 0 heterocycles. The highest BCUT2D eigenvalue weighted by Gasteiger charge is 2.50. The Kier molecular flexibility index (Phi) is 4.06. The van der Waals surface area contributed by atoms with E-state index in [-0.39, 0.29) is 11.4 Å². The first-order valence-electron chi connectivity index (χ1n) is 5.45. The van der Waals surface area contributed by atoms with Crippen LogP contribution in [-0.4, -0.2) is 26.0 Å². The van der Waals surface area contributed by atoms with Gasteiger partial charge in [0.2, 0.25) is 10.0 Å². The Balaban J connectivity index is 2.17. The molecule has 2 rings (SSSR count). The van der Waals surface area contributed by atoms with Crippen molar-refractivity contribution in [2.75, 3.05) is 6.54 Å². The summed E-state index contributed by atoms with van der Waals surface area (Å²) in [7, 11) is -3.72. The molecule has 8 heteroatoms. The van der Waals surface area contributed by atoms with E-state index in [4.69, 9.17) is 5.11 Å². The fourth-order valence-electron chi connectivity index (χ4n) is 1.62. The molecule has 0 amide bonds. The molecule has 0 saturated heterocycles. The molecule has 0 unspecified atom stereocenters. The van der Waals surface area contributed by atoms with Crippen LogP contribution >= 0.6 is 31.9 Å². The average Bonchev–Trinajstić information content (AvgIpc) is 3.07. The summed E-state index contributed by atoms with van der Waals surface area (Å²) in [6, 6.07) is 4.69. The van der Waals surface area contributed by atoms with Crippen molar-refractivity contribution in [3.05, 3.63) is 27.1 Å². The molecule has 19 heavy (non-hydrogen) atoms. The molecule has 2 N–H and O–H groups in total. The SMILES string of the molecule is O=C(O)C1(CNS(=O)(=O)c2ccc(Br)cc2Br)CC1. The molecule has 0 spiro atoms. The van der Waals surface area contributed by atoms with E-state index < -0.39 is 21.4 Å². The number of nitrogens with one attached hydrogen (secondary N) is 1. The van der Waals surface area contributed by atoms with Crippen molar-refractivity contribution in [3.8, 4) is 0 Å². The number of carboxylic acid groups (broad SMARTS) is 1. The molecular weight excluding hydrogens is 402 g/mol. The normalized spacial score (nSPS) is 17.2. The molecule has 104 valence electrons. The van der Waals surface area contributed by atoms with Crippen molar-refractivity contribution in [2.45, 2.75) is 17.7 Å². The van der Waals surface area contributed by atoms with Crippen LogP contribution in [0.4, 0.5) is 0 Å². The third kappa shape index (κ3) is 3.18. The van der Waals surface area contributed by atoms with Gasteiger partial charge in [-0.15, -0.1) is 0 Å². The number of hydrogen-bond acceptors (Lipinski definition) is 3. The van der Waals surface area contributed by atoms with Crippen LogP contribution in [0.1, 0.15) is 12.8 Å². The average molecular weight is 413 g/mol. The minimum absolute atomic E-state index is 0.0762. The second-order valence-corrected chi connectivity index (χ2v) is 7.99. The topological polar surface area (TPSA) is 83.5 Å². The molecule has 0 aliphatic heterocycles. The van der Waals surface area contributed by atoms with Crippen LogP contribution in [-0.2, 0) is 14.8 Å². The lowest BCUT2D eigenvalue weighted by atomic mass is 10.1. The summed E-state index contributed by atoms with van der Waals surface area (Å²) in [5.41, 5.74) is -0.922. The summed E-state index contributed by atoms with van der Waals surface area (Å²) in [5, 5.41) is 9.01. The highest BCUT2D eigenvalue weighted by atomic mass is 79.9. The van der Waals surface area contributed by atoms with E-state index in [1.165, 1.54) is 6.07 Å². The van der Waals surface area contributed by atoms with Gasteiger partial charge in [0, 0.05) is 15.5 Å². The number of carbonyl (C=O) groups is 1. The maximum atomic E-state index is 12.1. The second-order valence-electron chi connectivity index (χ2n) is 4.48. The summed E-state index contributed by atoms with van der Waals surface area (Å²) in [6.07, 6.45) is 1.01. The molecule has 1 saturated carbocycles. The van der Waals surface area contributed by atoms with Gasteiger partial charge in [0.15, 0.2) is 0 Å². The van der Waals surface area contributed by atoms with Crippen LogP contribution in [0.3, 0.4) is 0 Å². The van der Waals surface area contributed by atoms with Crippen molar-refractivity contribution in [2.24, 2.45) is 5.41 Å². The van der Waals surface area contributed by atoms with E-state index >= 15 is 0 Å². The molecule has 1 fully saturated rings. The van der Waals surface area contributed by atoms with Gasteiger partial charge in [0.05, 0.1) is 10.3 Å². The first-order valence-corrected chi connectivity index (χ1v) is 8.52. The summed E-state index contributed by atoms with van der Waals surface area (Å²) in [4.78, 5) is 11.1. The van der Waals surface area contributed by atoms with Crippen molar-refractivity contribution in [1.29, 1.82) is 0 Å². The first-order chi connectivity index (χ1) is 8.77. The van der Waals surface area contributed by atoms with Gasteiger partial charge < -0.3 is 5.11 Å². The third-order valence-electron chi connectivity index (χ3n) is 3.09. The summed E-state index contributed by atoms with van der Waals surface area (Å²) in [6.45, 7) is -0.0762. The van der Waals surface area contributed by atoms with Gasteiger partial charge >= 0.3 is 5.97 Å². The fraction of sp³-hybridized carbons (Fsp3) is 0.364. The van der Waals surface area contributed by atoms with Gasteiger partial charge in [-0.1, -0.05) is 15.9 Å². The zero-order valence-corrected chi connectivity index (χ0v) is 13.7. The molecule has 0 aromatic heterocycles. The zero-order chi connectivity index (χ0) is 14.3. The number of benzene rings is 1. The Morgan fingerprint density at radius 3 is 2.47 bits per heavy atom. The van der Waals surface area contributed by atoms with Crippen molar-refractivity contribution in [1.82, 2.24) is 4.72 Å². The molecule has 0 atom stereocenters. The third-order valence-corrected chi connectivity index (χ3v) is 5.96. The van der Waals surface area contributed by atoms with Crippen LogP contribution < -0.4 is 4.72 Å². The van der Waals surface area contributed by atoms with Crippen LogP contribution in [0, 0.1) is 5.41 Å². The Hall–Kier alpha value is -0.440. The number of aliphatic carboxylic acids is 1. The van der Waals surface area contributed by atoms with Crippen molar-refractivity contribution < 1.29 is 18.3 Å². The van der Waals surface area contributed by atoms with E-state index in [1.54, 1.807) is 12.1 Å². The Bertz CT molecular complexity index is 626. The van der Waals surface area contributed by atoms with Crippen LogP contribution in [0.5, 0.6) is 0 Å². The summed E-state index contributed by atoms with van der Waals surface area (Å²) < 4.78 is 27.8.